The van der Waals surface area contributed by atoms with Crippen LogP contribution in [0.2, 0.25) is 0 Å². The smallest absolute Gasteiger partial charge is 0.366 e. The van der Waals surface area contributed by atoms with Gasteiger partial charge in [-0.25, -0.2) is 9.97 Å². The molecule has 4 rings (SSSR count). The zero-order valence-corrected chi connectivity index (χ0v) is 17.6. The van der Waals surface area contributed by atoms with E-state index in [1.54, 1.807) is 12.1 Å². The summed E-state index contributed by atoms with van der Waals surface area (Å²) in [5.74, 6) is 0.0890. The molecule has 0 aliphatic carbocycles. The lowest BCUT2D eigenvalue weighted by atomic mass is 10.1. The third-order valence-corrected chi connectivity index (χ3v) is 4.86. The van der Waals surface area contributed by atoms with Crippen molar-refractivity contribution in [1.82, 2.24) is 24.7 Å². The van der Waals surface area contributed by atoms with Gasteiger partial charge in [-0.1, -0.05) is 24.3 Å². The Kier molecular flexibility index (Phi) is 5.89. The predicted octanol–water partition coefficient (Wildman–Crippen LogP) is 5.03. The van der Waals surface area contributed by atoms with Crippen molar-refractivity contribution in [2.45, 2.75) is 33.1 Å². The number of aryl methyl sites for hydroxylation is 2. The molecule has 6 nitrogen and oxygen atoms in total. The summed E-state index contributed by atoms with van der Waals surface area (Å²) in [6, 6.07) is 13.9. The average molecular weight is 438 g/mol. The fraction of sp³-hybridized carbons (Fsp3) is 0.217. The molecule has 0 aliphatic rings. The first-order chi connectivity index (χ1) is 15.3. The Morgan fingerprint density at radius 2 is 1.69 bits per heavy atom. The molecular formula is C23H21F3N6. The fourth-order valence-electron chi connectivity index (χ4n) is 3.35. The van der Waals surface area contributed by atoms with Gasteiger partial charge in [-0.15, -0.1) is 0 Å². The normalized spacial score (nSPS) is 11.5. The number of hydrogen-bond acceptors (Lipinski definition) is 5. The van der Waals surface area contributed by atoms with E-state index in [4.69, 9.17) is 0 Å². The van der Waals surface area contributed by atoms with Crippen molar-refractivity contribution in [3.05, 3.63) is 89.1 Å². The minimum Gasteiger partial charge on any atom is -0.366 e. The maximum absolute atomic E-state index is 13.4. The summed E-state index contributed by atoms with van der Waals surface area (Å²) >= 11 is 0. The van der Waals surface area contributed by atoms with Gasteiger partial charge in [-0.05, 0) is 43.2 Å². The summed E-state index contributed by atoms with van der Waals surface area (Å²) in [6.07, 6.45) is -1.61. The molecule has 0 spiro atoms. The molecule has 0 fully saturated rings. The van der Waals surface area contributed by atoms with Crippen LogP contribution in [0.15, 0.2) is 60.9 Å². The van der Waals surface area contributed by atoms with Gasteiger partial charge < -0.3 is 5.32 Å². The highest BCUT2D eigenvalue weighted by Gasteiger charge is 2.33. The highest BCUT2D eigenvalue weighted by Crippen LogP contribution is 2.30. The van der Waals surface area contributed by atoms with Gasteiger partial charge in [0.1, 0.15) is 5.82 Å². The number of anilines is 1. The number of nitrogens with zero attached hydrogens (tertiary/aromatic N) is 5. The van der Waals surface area contributed by atoms with Crippen LogP contribution in [0.25, 0.3) is 11.4 Å². The van der Waals surface area contributed by atoms with Crippen LogP contribution in [0.1, 0.15) is 28.2 Å². The Balaban J connectivity index is 1.55. The van der Waals surface area contributed by atoms with E-state index in [-0.39, 0.29) is 11.6 Å². The van der Waals surface area contributed by atoms with Gasteiger partial charge in [0, 0.05) is 36.3 Å². The van der Waals surface area contributed by atoms with E-state index in [1.807, 2.05) is 48.9 Å². The van der Waals surface area contributed by atoms with Crippen molar-refractivity contribution in [2.24, 2.45) is 0 Å². The quantitative estimate of drug-likeness (QED) is 0.457. The van der Waals surface area contributed by atoms with Crippen LogP contribution in [0.4, 0.5) is 19.0 Å². The third kappa shape index (κ3) is 5.11. The maximum atomic E-state index is 13.4. The van der Waals surface area contributed by atoms with E-state index >= 15 is 0 Å². The Bertz CT molecular complexity index is 1220. The van der Waals surface area contributed by atoms with Gasteiger partial charge >= 0.3 is 6.18 Å². The minimum atomic E-state index is -4.58. The standard InChI is InChI=1S/C23H21F3N6/c1-15-10-16(2)32(31-15)14-18-5-3-4-17(11-18)13-28-21-12-20(23(24,25)26)29-22(30-21)19-6-8-27-9-7-19/h3-12H,13-14H2,1-2H3,(H,28,29,30). The largest absolute Gasteiger partial charge is 0.433 e. The molecule has 1 aromatic carbocycles. The number of pyridine rings is 1. The third-order valence-electron chi connectivity index (χ3n) is 4.86. The summed E-state index contributed by atoms with van der Waals surface area (Å²) in [5.41, 5.74) is 3.44. The second kappa shape index (κ2) is 8.78. The lowest BCUT2D eigenvalue weighted by Crippen LogP contribution is -2.12. The number of benzene rings is 1. The second-order valence-corrected chi connectivity index (χ2v) is 7.45. The van der Waals surface area contributed by atoms with Gasteiger partial charge in [-0.3, -0.25) is 9.67 Å². The molecule has 0 radical (unpaired) electrons. The van der Waals surface area contributed by atoms with E-state index < -0.39 is 11.9 Å². The predicted molar refractivity (Wildman–Crippen MR) is 115 cm³/mol. The summed E-state index contributed by atoms with van der Waals surface area (Å²) in [7, 11) is 0. The van der Waals surface area contributed by atoms with Gasteiger partial charge in [0.25, 0.3) is 0 Å². The summed E-state index contributed by atoms with van der Waals surface area (Å²) in [6.45, 7) is 4.88. The van der Waals surface area contributed by atoms with E-state index in [9.17, 15) is 13.2 Å². The molecule has 3 aromatic heterocycles. The molecule has 1 N–H and O–H groups in total. The number of aromatic nitrogens is 5. The van der Waals surface area contributed by atoms with Crippen molar-refractivity contribution in [1.29, 1.82) is 0 Å². The lowest BCUT2D eigenvalue weighted by Gasteiger charge is -2.13. The molecular weight excluding hydrogens is 417 g/mol. The zero-order chi connectivity index (χ0) is 22.7. The first kappa shape index (κ1) is 21.5. The van der Waals surface area contributed by atoms with Crippen molar-refractivity contribution in [2.75, 3.05) is 5.32 Å². The average Bonchev–Trinajstić information content (AvgIpc) is 3.09. The second-order valence-electron chi connectivity index (χ2n) is 7.45. The van der Waals surface area contributed by atoms with Crippen LogP contribution < -0.4 is 5.32 Å². The highest BCUT2D eigenvalue weighted by atomic mass is 19.4. The molecule has 0 amide bonds. The number of halogens is 3. The maximum Gasteiger partial charge on any atom is 0.433 e. The van der Waals surface area contributed by atoms with Crippen LogP contribution >= 0.6 is 0 Å². The van der Waals surface area contributed by atoms with Crippen molar-refractivity contribution in [3.63, 3.8) is 0 Å². The molecule has 0 bridgehead atoms. The fourth-order valence-corrected chi connectivity index (χ4v) is 3.35. The Morgan fingerprint density at radius 3 is 2.38 bits per heavy atom. The highest BCUT2D eigenvalue weighted by molar-refractivity contribution is 5.57. The molecule has 0 saturated carbocycles. The van der Waals surface area contributed by atoms with Crippen LogP contribution in [0.3, 0.4) is 0 Å². The van der Waals surface area contributed by atoms with Gasteiger partial charge in [0.15, 0.2) is 11.5 Å². The van der Waals surface area contributed by atoms with Crippen molar-refractivity contribution >= 4 is 5.82 Å². The molecule has 0 atom stereocenters. The minimum absolute atomic E-state index is 0.0111. The number of hydrogen-bond donors (Lipinski definition) is 1. The summed E-state index contributed by atoms with van der Waals surface area (Å²) < 4.78 is 42.1. The molecule has 9 heteroatoms. The molecule has 0 unspecified atom stereocenters. The van der Waals surface area contributed by atoms with E-state index in [0.29, 0.717) is 18.7 Å². The lowest BCUT2D eigenvalue weighted by molar-refractivity contribution is -0.141. The zero-order valence-electron chi connectivity index (χ0n) is 17.6. The summed E-state index contributed by atoms with van der Waals surface area (Å²) in [5, 5.41) is 7.47. The number of nitrogens with one attached hydrogen (secondary N) is 1. The Labute approximate surface area is 183 Å². The van der Waals surface area contributed by atoms with Gasteiger partial charge in [0.05, 0.1) is 12.2 Å². The van der Waals surface area contributed by atoms with Crippen molar-refractivity contribution < 1.29 is 13.2 Å². The van der Waals surface area contributed by atoms with E-state index in [0.717, 1.165) is 28.6 Å². The van der Waals surface area contributed by atoms with Crippen LogP contribution in [0, 0.1) is 13.8 Å². The Morgan fingerprint density at radius 1 is 0.938 bits per heavy atom. The van der Waals surface area contributed by atoms with Crippen LogP contribution in [-0.4, -0.2) is 24.7 Å². The van der Waals surface area contributed by atoms with E-state index in [1.165, 1.54) is 12.4 Å². The Hall–Kier alpha value is -3.75. The van der Waals surface area contributed by atoms with Crippen LogP contribution in [-0.2, 0) is 19.3 Å². The van der Waals surface area contributed by atoms with Gasteiger partial charge in [-0.2, -0.15) is 18.3 Å². The number of rotatable bonds is 6. The van der Waals surface area contributed by atoms with Crippen LogP contribution in [0.5, 0.6) is 0 Å². The molecule has 0 saturated heterocycles. The molecule has 3 heterocycles. The topological polar surface area (TPSA) is 68.5 Å². The summed E-state index contributed by atoms with van der Waals surface area (Å²) in [4.78, 5) is 11.8. The monoisotopic (exact) mass is 438 g/mol. The first-order valence-corrected chi connectivity index (χ1v) is 9.97. The first-order valence-electron chi connectivity index (χ1n) is 9.97. The SMILES string of the molecule is Cc1cc(C)n(Cc2cccc(CNc3cc(C(F)(F)F)nc(-c4ccncc4)n3)c2)n1. The molecule has 4 aromatic rings. The molecule has 0 aliphatic heterocycles. The number of alkyl halides is 3. The van der Waals surface area contributed by atoms with E-state index in [2.05, 4.69) is 25.4 Å². The molecule has 32 heavy (non-hydrogen) atoms. The van der Waals surface area contributed by atoms with Crippen molar-refractivity contribution in [3.8, 4) is 11.4 Å². The van der Waals surface area contributed by atoms with Gasteiger partial charge in [0.2, 0.25) is 0 Å². The molecule has 164 valence electrons.